The number of anilines is 2. The molecule has 0 saturated carbocycles. The first-order chi connectivity index (χ1) is 13.2. The number of rotatable bonds is 7. The smallest absolute Gasteiger partial charge is 0.276 e. The van der Waals surface area contributed by atoms with Gasteiger partial charge in [0.15, 0.2) is 17.2 Å². The molecule has 0 atom stereocenters. The van der Waals surface area contributed by atoms with Crippen molar-refractivity contribution < 1.29 is 14.3 Å². The van der Waals surface area contributed by atoms with E-state index in [2.05, 4.69) is 20.8 Å². The fourth-order valence-corrected chi connectivity index (χ4v) is 2.45. The Bertz CT molecular complexity index is 899. The molecule has 0 fully saturated rings. The minimum absolute atomic E-state index is 0.218. The van der Waals surface area contributed by atoms with Crippen LogP contribution in [0.25, 0.3) is 0 Å². The summed E-state index contributed by atoms with van der Waals surface area (Å²) in [5, 5.41) is 14.0. The average Bonchev–Trinajstić information content (AvgIpc) is 2.73. The number of nitrogens with one attached hydrogen (secondary N) is 2. The Balaban J connectivity index is 1.62. The Labute approximate surface area is 157 Å². The summed E-state index contributed by atoms with van der Waals surface area (Å²) < 4.78 is 10.4. The first-order valence-corrected chi connectivity index (χ1v) is 8.34. The molecule has 138 valence electrons. The lowest BCUT2D eigenvalue weighted by molar-refractivity contribution is 0.102. The standard InChI is InChI=1S/C20H20N4O3/c1-26-17-10-8-15(12-18(17)27-2)22-20(25)16-9-11-19(24-23-16)21-13-14-6-4-3-5-7-14/h3-12H,13H2,1-2H3,(H,21,24)(H,22,25). The van der Waals surface area contributed by atoms with Gasteiger partial charge in [-0.05, 0) is 29.8 Å². The van der Waals surface area contributed by atoms with Crippen LogP contribution in [0.5, 0.6) is 11.5 Å². The molecule has 7 heteroatoms. The molecule has 2 aromatic carbocycles. The number of methoxy groups -OCH3 is 2. The fraction of sp³-hybridized carbons (Fsp3) is 0.150. The van der Waals surface area contributed by atoms with Gasteiger partial charge in [-0.1, -0.05) is 30.3 Å². The third-order valence-electron chi connectivity index (χ3n) is 3.86. The van der Waals surface area contributed by atoms with Crippen molar-refractivity contribution in [3.63, 3.8) is 0 Å². The number of nitrogens with zero attached hydrogens (tertiary/aromatic N) is 2. The van der Waals surface area contributed by atoms with Crippen LogP contribution in [-0.2, 0) is 6.54 Å². The molecule has 1 aromatic heterocycles. The van der Waals surface area contributed by atoms with Gasteiger partial charge in [0.05, 0.1) is 14.2 Å². The van der Waals surface area contributed by atoms with Crippen molar-refractivity contribution in [1.82, 2.24) is 10.2 Å². The summed E-state index contributed by atoms with van der Waals surface area (Å²) in [6.45, 7) is 0.632. The molecule has 0 aliphatic rings. The molecule has 2 N–H and O–H groups in total. The van der Waals surface area contributed by atoms with Gasteiger partial charge in [0.2, 0.25) is 0 Å². The zero-order valence-electron chi connectivity index (χ0n) is 15.1. The van der Waals surface area contributed by atoms with Crippen molar-refractivity contribution in [3.8, 4) is 11.5 Å². The van der Waals surface area contributed by atoms with Gasteiger partial charge in [0.1, 0.15) is 5.82 Å². The number of aromatic nitrogens is 2. The highest BCUT2D eigenvalue weighted by molar-refractivity contribution is 6.02. The van der Waals surface area contributed by atoms with E-state index in [1.54, 1.807) is 37.4 Å². The molecule has 3 aromatic rings. The van der Waals surface area contributed by atoms with Crippen LogP contribution in [0.15, 0.2) is 60.7 Å². The van der Waals surface area contributed by atoms with Crippen LogP contribution in [0.4, 0.5) is 11.5 Å². The summed E-state index contributed by atoms with van der Waals surface area (Å²) in [7, 11) is 3.09. The number of ether oxygens (including phenoxy) is 2. The zero-order valence-corrected chi connectivity index (χ0v) is 15.1. The van der Waals surface area contributed by atoms with Gasteiger partial charge in [0.25, 0.3) is 5.91 Å². The molecule has 27 heavy (non-hydrogen) atoms. The van der Waals surface area contributed by atoms with Crippen LogP contribution in [0.2, 0.25) is 0 Å². The van der Waals surface area contributed by atoms with E-state index in [1.165, 1.54) is 7.11 Å². The van der Waals surface area contributed by atoms with Crippen molar-refractivity contribution in [1.29, 1.82) is 0 Å². The Morgan fingerprint density at radius 3 is 2.37 bits per heavy atom. The van der Waals surface area contributed by atoms with Crippen molar-refractivity contribution in [2.75, 3.05) is 24.9 Å². The maximum absolute atomic E-state index is 12.4. The molecule has 3 rings (SSSR count). The van der Waals surface area contributed by atoms with Gasteiger partial charge in [0, 0.05) is 18.3 Å². The summed E-state index contributed by atoms with van der Waals surface area (Å²) in [5.74, 6) is 1.36. The maximum atomic E-state index is 12.4. The van der Waals surface area contributed by atoms with Gasteiger partial charge >= 0.3 is 0 Å². The number of amides is 1. The topological polar surface area (TPSA) is 85.4 Å². The number of hydrogen-bond acceptors (Lipinski definition) is 6. The summed E-state index contributed by atoms with van der Waals surface area (Å²) in [5.41, 5.74) is 1.93. The molecular formula is C20H20N4O3. The van der Waals surface area contributed by atoms with Crippen molar-refractivity contribution >= 4 is 17.4 Å². The second kappa shape index (κ2) is 8.66. The third kappa shape index (κ3) is 4.72. The molecule has 0 aliphatic carbocycles. The van der Waals surface area contributed by atoms with E-state index in [-0.39, 0.29) is 11.6 Å². The molecule has 0 radical (unpaired) electrons. The van der Waals surface area contributed by atoms with Gasteiger partial charge in [-0.3, -0.25) is 4.79 Å². The van der Waals surface area contributed by atoms with E-state index in [0.29, 0.717) is 29.5 Å². The molecule has 0 aliphatic heterocycles. The number of carbonyl (C=O) groups excluding carboxylic acids is 1. The Kier molecular flexibility index (Phi) is 5.84. The van der Waals surface area contributed by atoms with Crippen LogP contribution >= 0.6 is 0 Å². The lowest BCUT2D eigenvalue weighted by Crippen LogP contribution is -2.15. The zero-order chi connectivity index (χ0) is 19.1. The Morgan fingerprint density at radius 2 is 1.70 bits per heavy atom. The average molecular weight is 364 g/mol. The van der Waals surface area contributed by atoms with Gasteiger partial charge in [-0.15, -0.1) is 10.2 Å². The summed E-state index contributed by atoms with van der Waals surface area (Å²) >= 11 is 0. The summed E-state index contributed by atoms with van der Waals surface area (Å²) in [4.78, 5) is 12.4. The lowest BCUT2D eigenvalue weighted by atomic mass is 10.2. The van der Waals surface area contributed by atoms with Crippen molar-refractivity contribution in [2.24, 2.45) is 0 Å². The molecule has 0 unspecified atom stereocenters. The number of carbonyl (C=O) groups is 1. The minimum Gasteiger partial charge on any atom is -0.493 e. The second-order valence-electron chi connectivity index (χ2n) is 5.67. The predicted octanol–water partition coefficient (Wildman–Crippen LogP) is 3.36. The van der Waals surface area contributed by atoms with E-state index in [9.17, 15) is 4.79 Å². The summed E-state index contributed by atoms with van der Waals surface area (Å²) in [6, 6.07) is 18.4. The van der Waals surface area contributed by atoms with Gasteiger partial charge in [-0.2, -0.15) is 0 Å². The van der Waals surface area contributed by atoms with Crippen LogP contribution < -0.4 is 20.1 Å². The molecule has 7 nitrogen and oxygen atoms in total. The van der Waals surface area contributed by atoms with E-state index in [0.717, 1.165) is 5.56 Å². The van der Waals surface area contributed by atoms with Crippen LogP contribution in [0.1, 0.15) is 16.1 Å². The molecule has 0 saturated heterocycles. The van der Waals surface area contributed by atoms with E-state index >= 15 is 0 Å². The molecular weight excluding hydrogens is 344 g/mol. The lowest BCUT2D eigenvalue weighted by Gasteiger charge is -2.10. The first kappa shape index (κ1) is 18.2. The van der Waals surface area contributed by atoms with Crippen molar-refractivity contribution in [2.45, 2.75) is 6.54 Å². The van der Waals surface area contributed by atoms with Crippen LogP contribution in [0.3, 0.4) is 0 Å². The van der Waals surface area contributed by atoms with Gasteiger partial charge < -0.3 is 20.1 Å². The maximum Gasteiger partial charge on any atom is 0.276 e. The minimum atomic E-state index is -0.357. The third-order valence-corrected chi connectivity index (χ3v) is 3.86. The normalized spacial score (nSPS) is 10.1. The van der Waals surface area contributed by atoms with Crippen LogP contribution in [-0.4, -0.2) is 30.3 Å². The largest absolute Gasteiger partial charge is 0.493 e. The Hall–Kier alpha value is -3.61. The number of benzene rings is 2. The first-order valence-electron chi connectivity index (χ1n) is 8.34. The molecule has 0 spiro atoms. The van der Waals surface area contributed by atoms with E-state index < -0.39 is 0 Å². The predicted molar refractivity (Wildman–Crippen MR) is 103 cm³/mol. The highest BCUT2D eigenvalue weighted by atomic mass is 16.5. The Morgan fingerprint density at radius 1 is 0.926 bits per heavy atom. The van der Waals surface area contributed by atoms with Crippen molar-refractivity contribution in [3.05, 3.63) is 71.9 Å². The summed E-state index contributed by atoms with van der Waals surface area (Å²) in [6.07, 6.45) is 0. The van der Waals surface area contributed by atoms with Crippen LogP contribution in [0, 0.1) is 0 Å². The highest BCUT2D eigenvalue weighted by Crippen LogP contribution is 2.29. The molecule has 1 heterocycles. The quantitative estimate of drug-likeness (QED) is 0.669. The number of hydrogen-bond donors (Lipinski definition) is 2. The highest BCUT2D eigenvalue weighted by Gasteiger charge is 2.11. The SMILES string of the molecule is COc1ccc(NC(=O)c2ccc(NCc3ccccc3)nn2)cc1OC. The molecule has 0 bridgehead atoms. The molecule has 1 amide bonds. The monoisotopic (exact) mass is 364 g/mol. The second-order valence-corrected chi connectivity index (χ2v) is 5.67. The van der Waals surface area contributed by atoms with E-state index in [1.807, 2.05) is 30.3 Å². The van der Waals surface area contributed by atoms with Gasteiger partial charge in [-0.25, -0.2) is 0 Å². The fourth-order valence-electron chi connectivity index (χ4n) is 2.45. The van der Waals surface area contributed by atoms with E-state index in [4.69, 9.17) is 9.47 Å².